The highest BCUT2D eigenvalue weighted by atomic mass is 16.5. The van der Waals surface area contributed by atoms with Crippen LogP contribution in [0.2, 0.25) is 0 Å². The molecular formula is C14H13N3O3. The summed E-state index contributed by atoms with van der Waals surface area (Å²) in [5, 5.41) is 2.68. The van der Waals surface area contributed by atoms with Crippen LogP contribution in [-0.4, -0.2) is 24.0 Å². The van der Waals surface area contributed by atoms with Crippen molar-refractivity contribution in [2.45, 2.75) is 0 Å². The number of carbonyl (C=O) groups excluding carboxylic acids is 2. The van der Waals surface area contributed by atoms with Gasteiger partial charge in [0.25, 0.3) is 5.91 Å². The lowest BCUT2D eigenvalue weighted by atomic mass is 10.2. The van der Waals surface area contributed by atoms with E-state index in [1.807, 2.05) is 0 Å². The molecule has 1 heterocycles. The van der Waals surface area contributed by atoms with Crippen LogP contribution in [0.1, 0.15) is 20.7 Å². The molecule has 20 heavy (non-hydrogen) atoms. The number of ether oxygens (including phenoxy) is 1. The van der Waals surface area contributed by atoms with Crippen molar-refractivity contribution in [3.05, 3.63) is 53.9 Å². The number of benzene rings is 1. The standard InChI is InChI=1S/C14H13N3O3/c1-20-14(19)9-2-4-10(5-3-9)17-13(18)11-6-7-16-8-12(11)15/h2-8H,15H2,1H3,(H,17,18). The average Bonchev–Trinajstić information content (AvgIpc) is 2.47. The Hall–Kier alpha value is -2.89. The number of nitrogens with two attached hydrogens (primary N) is 1. The van der Waals surface area contributed by atoms with Crippen molar-refractivity contribution in [1.29, 1.82) is 0 Å². The van der Waals surface area contributed by atoms with E-state index in [-0.39, 0.29) is 5.91 Å². The van der Waals surface area contributed by atoms with Crippen molar-refractivity contribution in [2.75, 3.05) is 18.2 Å². The highest BCUT2D eigenvalue weighted by Gasteiger charge is 2.10. The van der Waals surface area contributed by atoms with E-state index >= 15 is 0 Å². The lowest BCUT2D eigenvalue weighted by Crippen LogP contribution is -2.14. The van der Waals surface area contributed by atoms with Gasteiger partial charge in [-0.25, -0.2) is 4.79 Å². The van der Waals surface area contributed by atoms with Crippen LogP contribution in [0, 0.1) is 0 Å². The Morgan fingerprint density at radius 2 is 1.90 bits per heavy atom. The summed E-state index contributed by atoms with van der Waals surface area (Å²) in [4.78, 5) is 27.1. The molecule has 3 N–H and O–H groups in total. The third-order valence-corrected chi connectivity index (χ3v) is 2.66. The van der Waals surface area contributed by atoms with E-state index in [2.05, 4.69) is 15.0 Å². The molecule has 0 radical (unpaired) electrons. The molecule has 102 valence electrons. The van der Waals surface area contributed by atoms with Crippen molar-refractivity contribution in [3.63, 3.8) is 0 Å². The topological polar surface area (TPSA) is 94.3 Å². The fraction of sp³-hybridized carbons (Fsp3) is 0.0714. The molecule has 0 unspecified atom stereocenters. The first-order valence-corrected chi connectivity index (χ1v) is 5.81. The Balaban J connectivity index is 2.13. The first kappa shape index (κ1) is 13.5. The molecule has 1 amide bonds. The Bertz CT molecular complexity index is 638. The predicted molar refractivity (Wildman–Crippen MR) is 74.4 cm³/mol. The first-order chi connectivity index (χ1) is 9.61. The maximum absolute atomic E-state index is 12.0. The first-order valence-electron chi connectivity index (χ1n) is 5.81. The van der Waals surface area contributed by atoms with E-state index in [0.717, 1.165) is 0 Å². The molecule has 0 saturated heterocycles. The lowest BCUT2D eigenvalue weighted by Gasteiger charge is -2.07. The van der Waals surface area contributed by atoms with E-state index in [9.17, 15) is 9.59 Å². The van der Waals surface area contributed by atoms with Crippen LogP contribution in [0.15, 0.2) is 42.7 Å². The minimum atomic E-state index is -0.429. The normalized spacial score (nSPS) is 9.85. The molecule has 2 aromatic rings. The summed E-state index contributed by atoms with van der Waals surface area (Å²) >= 11 is 0. The van der Waals surface area contributed by atoms with Crippen LogP contribution in [0.5, 0.6) is 0 Å². The van der Waals surface area contributed by atoms with E-state index in [4.69, 9.17) is 5.73 Å². The zero-order chi connectivity index (χ0) is 14.5. The van der Waals surface area contributed by atoms with Gasteiger partial charge in [0.1, 0.15) is 0 Å². The number of methoxy groups -OCH3 is 1. The molecule has 6 nitrogen and oxygen atoms in total. The highest BCUT2D eigenvalue weighted by molar-refractivity contribution is 6.07. The van der Waals surface area contributed by atoms with Gasteiger partial charge in [0.15, 0.2) is 0 Å². The quantitative estimate of drug-likeness (QED) is 0.828. The molecule has 0 atom stereocenters. The van der Waals surface area contributed by atoms with Gasteiger partial charge in [-0.1, -0.05) is 0 Å². The summed E-state index contributed by atoms with van der Waals surface area (Å²) in [5.41, 5.74) is 7.28. The summed E-state index contributed by atoms with van der Waals surface area (Å²) in [6, 6.07) is 7.89. The van der Waals surface area contributed by atoms with Gasteiger partial charge >= 0.3 is 5.97 Å². The number of esters is 1. The zero-order valence-electron chi connectivity index (χ0n) is 10.8. The number of nitrogens with zero attached hydrogens (tertiary/aromatic N) is 1. The van der Waals surface area contributed by atoms with Crippen molar-refractivity contribution in [3.8, 4) is 0 Å². The minimum absolute atomic E-state index is 0.302. The number of nitrogen functional groups attached to an aromatic ring is 1. The van der Waals surface area contributed by atoms with Crippen molar-refractivity contribution >= 4 is 23.3 Å². The molecule has 0 spiro atoms. The molecule has 0 fully saturated rings. The number of nitrogens with one attached hydrogen (secondary N) is 1. The van der Waals surface area contributed by atoms with Gasteiger partial charge < -0.3 is 15.8 Å². The second-order valence-corrected chi connectivity index (χ2v) is 3.99. The number of pyridine rings is 1. The fourth-order valence-corrected chi connectivity index (χ4v) is 1.62. The van der Waals surface area contributed by atoms with Crippen LogP contribution in [0.4, 0.5) is 11.4 Å². The molecule has 0 saturated carbocycles. The molecule has 0 aliphatic heterocycles. The smallest absolute Gasteiger partial charge is 0.337 e. The number of rotatable bonds is 3. The monoisotopic (exact) mass is 271 g/mol. The van der Waals surface area contributed by atoms with E-state index in [1.54, 1.807) is 24.3 Å². The second kappa shape index (κ2) is 5.83. The number of hydrogen-bond donors (Lipinski definition) is 2. The Labute approximate surface area is 115 Å². The highest BCUT2D eigenvalue weighted by Crippen LogP contribution is 2.14. The van der Waals surface area contributed by atoms with Crippen LogP contribution in [0.3, 0.4) is 0 Å². The Kier molecular flexibility index (Phi) is 3.95. The molecule has 0 aliphatic carbocycles. The van der Waals surface area contributed by atoms with E-state index in [1.165, 1.54) is 25.6 Å². The number of carbonyl (C=O) groups is 2. The van der Waals surface area contributed by atoms with Gasteiger partial charge in [0, 0.05) is 11.9 Å². The van der Waals surface area contributed by atoms with E-state index < -0.39 is 5.97 Å². The molecule has 2 rings (SSSR count). The van der Waals surface area contributed by atoms with Gasteiger partial charge in [0.05, 0.1) is 30.1 Å². The van der Waals surface area contributed by atoms with Crippen molar-refractivity contribution < 1.29 is 14.3 Å². The summed E-state index contributed by atoms with van der Waals surface area (Å²) in [5.74, 6) is -0.767. The van der Waals surface area contributed by atoms with Crippen LogP contribution < -0.4 is 11.1 Å². The molecule has 0 aliphatic rings. The zero-order valence-corrected chi connectivity index (χ0v) is 10.8. The third-order valence-electron chi connectivity index (χ3n) is 2.66. The maximum atomic E-state index is 12.0. The Morgan fingerprint density at radius 1 is 1.20 bits per heavy atom. The average molecular weight is 271 g/mol. The van der Waals surface area contributed by atoms with Crippen LogP contribution in [0.25, 0.3) is 0 Å². The number of amides is 1. The Morgan fingerprint density at radius 3 is 2.50 bits per heavy atom. The summed E-state index contributed by atoms with van der Waals surface area (Å²) in [6.07, 6.45) is 2.90. The van der Waals surface area contributed by atoms with Crippen LogP contribution >= 0.6 is 0 Å². The third kappa shape index (κ3) is 2.92. The summed E-state index contributed by atoms with van der Waals surface area (Å²) in [7, 11) is 1.31. The summed E-state index contributed by atoms with van der Waals surface area (Å²) < 4.78 is 4.59. The van der Waals surface area contributed by atoms with Gasteiger partial charge in [-0.15, -0.1) is 0 Å². The lowest BCUT2D eigenvalue weighted by molar-refractivity contribution is 0.0600. The molecule has 1 aromatic heterocycles. The molecule has 1 aromatic carbocycles. The van der Waals surface area contributed by atoms with Gasteiger partial charge in [0.2, 0.25) is 0 Å². The van der Waals surface area contributed by atoms with E-state index in [0.29, 0.717) is 22.5 Å². The van der Waals surface area contributed by atoms with Crippen molar-refractivity contribution in [1.82, 2.24) is 4.98 Å². The molecule has 6 heteroatoms. The largest absolute Gasteiger partial charge is 0.465 e. The summed E-state index contributed by atoms with van der Waals surface area (Å²) in [6.45, 7) is 0. The number of anilines is 2. The fourth-order valence-electron chi connectivity index (χ4n) is 1.62. The molecule has 0 bridgehead atoms. The van der Waals surface area contributed by atoms with Crippen LogP contribution in [-0.2, 0) is 4.74 Å². The number of hydrogen-bond acceptors (Lipinski definition) is 5. The minimum Gasteiger partial charge on any atom is -0.465 e. The van der Waals surface area contributed by atoms with Gasteiger partial charge in [-0.3, -0.25) is 9.78 Å². The van der Waals surface area contributed by atoms with Gasteiger partial charge in [-0.05, 0) is 30.3 Å². The number of aromatic nitrogens is 1. The maximum Gasteiger partial charge on any atom is 0.337 e. The second-order valence-electron chi connectivity index (χ2n) is 3.99. The molecular weight excluding hydrogens is 258 g/mol. The predicted octanol–water partition coefficient (Wildman–Crippen LogP) is 1.70. The van der Waals surface area contributed by atoms with Crippen molar-refractivity contribution in [2.24, 2.45) is 0 Å². The SMILES string of the molecule is COC(=O)c1ccc(NC(=O)c2ccncc2N)cc1. The van der Waals surface area contributed by atoms with Gasteiger partial charge in [-0.2, -0.15) is 0 Å².